The molecule has 0 saturated heterocycles. The van der Waals surface area contributed by atoms with Crippen LogP contribution in [0.2, 0.25) is 18.6 Å². The molecule has 0 amide bonds. The summed E-state index contributed by atoms with van der Waals surface area (Å²) in [4.78, 5) is 0. The molecule has 2 heteroatoms. The summed E-state index contributed by atoms with van der Waals surface area (Å²) in [5.74, 6) is 0.776. The lowest BCUT2D eigenvalue weighted by atomic mass is 10.1. The lowest BCUT2D eigenvalue weighted by Gasteiger charge is -2.19. The van der Waals surface area contributed by atoms with Gasteiger partial charge in [0.2, 0.25) is 0 Å². The Morgan fingerprint density at radius 2 is 1.86 bits per heavy atom. The molecule has 2 rings (SSSR count). The molecule has 1 fully saturated rings. The highest BCUT2D eigenvalue weighted by Gasteiger charge is 2.50. The molecular formula is C12H18OSi. The average molecular weight is 206 g/mol. The van der Waals surface area contributed by atoms with Gasteiger partial charge in [0.25, 0.3) is 0 Å². The van der Waals surface area contributed by atoms with Crippen molar-refractivity contribution in [1.29, 1.82) is 0 Å². The fourth-order valence-electron chi connectivity index (χ4n) is 2.18. The molecule has 1 aliphatic carbocycles. The minimum Gasteiger partial charge on any atom is -0.420 e. The zero-order chi connectivity index (χ0) is 10.2. The van der Waals surface area contributed by atoms with Crippen LogP contribution in [0, 0.1) is 0 Å². The number of hydrogen-bond acceptors (Lipinski definition) is 1. The molecule has 0 aliphatic heterocycles. The number of hydrogen-bond donors (Lipinski definition) is 0. The predicted octanol–water partition coefficient (Wildman–Crippen LogP) is 3.40. The molecule has 0 radical (unpaired) electrons. The van der Waals surface area contributed by atoms with E-state index in [9.17, 15) is 0 Å². The van der Waals surface area contributed by atoms with Crippen molar-refractivity contribution in [1.82, 2.24) is 0 Å². The van der Waals surface area contributed by atoms with Crippen molar-refractivity contribution in [2.24, 2.45) is 0 Å². The van der Waals surface area contributed by atoms with Gasteiger partial charge in [0.05, 0.1) is 0 Å². The van der Waals surface area contributed by atoms with Crippen LogP contribution < -0.4 is 0 Å². The second-order valence-corrected chi connectivity index (χ2v) is 9.02. The smallest absolute Gasteiger partial charge is 0.189 e. The molecule has 0 bridgehead atoms. The highest BCUT2D eigenvalue weighted by molar-refractivity contribution is 6.73. The minimum atomic E-state index is -1.39. The fraction of sp³-hybridized carbons (Fsp3) is 0.500. The second kappa shape index (κ2) is 3.52. The summed E-state index contributed by atoms with van der Waals surface area (Å²) in [5, 5.41) is 0. The highest BCUT2D eigenvalue weighted by atomic mass is 28.4. The number of rotatable bonds is 3. The largest absolute Gasteiger partial charge is 0.420 e. The quantitative estimate of drug-likeness (QED) is 0.689. The molecule has 76 valence electrons. The maximum atomic E-state index is 5.65. The Bertz CT molecular complexity index is 307. The Morgan fingerprint density at radius 3 is 2.43 bits per heavy atom. The van der Waals surface area contributed by atoms with Gasteiger partial charge in [-0.25, -0.2) is 0 Å². The van der Waals surface area contributed by atoms with E-state index in [4.69, 9.17) is 4.43 Å². The van der Waals surface area contributed by atoms with Crippen LogP contribution in [0.3, 0.4) is 0 Å². The molecule has 0 spiro atoms. The summed E-state index contributed by atoms with van der Waals surface area (Å²) >= 11 is 0. The van der Waals surface area contributed by atoms with Crippen LogP contribution in [0.5, 0.6) is 0 Å². The minimum absolute atomic E-state index is 0.776. The van der Waals surface area contributed by atoms with E-state index in [1.54, 1.807) is 0 Å². The Morgan fingerprint density at radius 1 is 1.21 bits per heavy atom. The molecule has 0 N–H and O–H groups in total. The molecule has 0 heterocycles. The summed E-state index contributed by atoms with van der Waals surface area (Å²) in [5.41, 5.74) is 2.32. The van der Waals surface area contributed by atoms with E-state index in [0.29, 0.717) is 0 Å². The Balaban J connectivity index is 2.07. The van der Waals surface area contributed by atoms with Crippen LogP contribution >= 0.6 is 0 Å². The number of benzene rings is 1. The van der Waals surface area contributed by atoms with Gasteiger partial charge in [0, 0.05) is 7.11 Å². The summed E-state index contributed by atoms with van der Waals surface area (Å²) in [6, 6.07) is 10.8. The van der Waals surface area contributed by atoms with E-state index in [-0.39, 0.29) is 0 Å². The van der Waals surface area contributed by atoms with E-state index in [2.05, 4.69) is 43.4 Å². The molecule has 1 nitrogen and oxygen atoms in total. The van der Waals surface area contributed by atoms with E-state index >= 15 is 0 Å². The third-order valence-electron chi connectivity index (χ3n) is 3.44. The van der Waals surface area contributed by atoms with E-state index < -0.39 is 8.32 Å². The summed E-state index contributed by atoms with van der Waals surface area (Å²) < 4.78 is 5.65. The first-order chi connectivity index (χ1) is 6.65. The van der Waals surface area contributed by atoms with Crippen molar-refractivity contribution in [3.05, 3.63) is 35.9 Å². The first-order valence-electron chi connectivity index (χ1n) is 5.25. The van der Waals surface area contributed by atoms with E-state index in [1.807, 2.05) is 7.11 Å². The van der Waals surface area contributed by atoms with E-state index in [0.717, 1.165) is 11.5 Å². The van der Waals surface area contributed by atoms with Gasteiger partial charge in [-0.15, -0.1) is 0 Å². The van der Waals surface area contributed by atoms with Gasteiger partial charge in [-0.1, -0.05) is 30.3 Å². The van der Waals surface area contributed by atoms with Crippen LogP contribution in [0.25, 0.3) is 0 Å². The topological polar surface area (TPSA) is 9.23 Å². The fourth-order valence-corrected chi connectivity index (χ4v) is 4.47. The molecule has 1 saturated carbocycles. The molecule has 2 unspecified atom stereocenters. The molecular weight excluding hydrogens is 188 g/mol. The second-order valence-electron chi connectivity index (χ2n) is 4.67. The van der Waals surface area contributed by atoms with Crippen molar-refractivity contribution in [2.75, 3.05) is 7.11 Å². The predicted molar refractivity (Wildman–Crippen MR) is 62.0 cm³/mol. The normalized spacial score (nSPS) is 26.2. The highest BCUT2D eigenvalue weighted by Crippen LogP contribution is 2.58. The SMILES string of the molecule is CO[Si](C)(C)C1CC1c1ccccc1. The van der Waals surface area contributed by atoms with Crippen molar-refractivity contribution in [3.63, 3.8) is 0 Å². The lowest BCUT2D eigenvalue weighted by Crippen LogP contribution is -2.29. The monoisotopic (exact) mass is 206 g/mol. The van der Waals surface area contributed by atoms with E-state index in [1.165, 1.54) is 12.0 Å². The third kappa shape index (κ3) is 1.77. The van der Waals surface area contributed by atoms with Gasteiger partial charge in [-0.2, -0.15) is 0 Å². The van der Waals surface area contributed by atoms with Crippen molar-refractivity contribution < 1.29 is 4.43 Å². The van der Waals surface area contributed by atoms with Gasteiger partial charge >= 0.3 is 0 Å². The van der Waals surface area contributed by atoms with Gasteiger partial charge in [-0.05, 0) is 36.5 Å². The van der Waals surface area contributed by atoms with Crippen LogP contribution in [-0.2, 0) is 4.43 Å². The average Bonchev–Trinajstić information content (AvgIpc) is 2.99. The lowest BCUT2D eigenvalue weighted by molar-refractivity contribution is 0.401. The van der Waals surface area contributed by atoms with Crippen molar-refractivity contribution >= 4 is 8.32 Å². The summed E-state index contributed by atoms with van der Waals surface area (Å²) in [6.45, 7) is 4.64. The molecule has 2 atom stereocenters. The molecule has 0 aromatic heterocycles. The maximum absolute atomic E-state index is 5.65. The third-order valence-corrected chi connectivity index (χ3v) is 6.91. The Hall–Kier alpha value is -0.603. The van der Waals surface area contributed by atoms with Crippen LogP contribution in [-0.4, -0.2) is 15.4 Å². The van der Waals surface area contributed by atoms with Crippen LogP contribution in [0.15, 0.2) is 30.3 Å². The van der Waals surface area contributed by atoms with Gasteiger partial charge in [0.15, 0.2) is 8.32 Å². The maximum Gasteiger partial charge on any atom is 0.189 e. The first kappa shape index (κ1) is 9.93. The Kier molecular flexibility index (Phi) is 2.50. The standard InChI is InChI=1S/C12H18OSi/c1-13-14(2,3)12-9-11(12)10-7-5-4-6-8-10/h4-8,11-12H,9H2,1-3H3. The molecule has 14 heavy (non-hydrogen) atoms. The van der Waals surface area contributed by atoms with Crippen molar-refractivity contribution in [2.45, 2.75) is 31.0 Å². The Labute approximate surface area is 87.2 Å². The van der Waals surface area contributed by atoms with Crippen LogP contribution in [0.4, 0.5) is 0 Å². The van der Waals surface area contributed by atoms with Gasteiger partial charge < -0.3 is 4.43 Å². The van der Waals surface area contributed by atoms with Crippen molar-refractivity contribution in [3.8, 4) is 0 Å². The summed E-state index contributed by atoms with van der Waals surface area (Å²) in [7, 11) is 0.478. The molecule has 1 aromatic rings. The molecule has 1 aliphatic rings. The zero-order valence-corrected chi connectivity index (χ0v) is 10.2. The van der Waals surface area contributed by atoms with Gasteiger partial charge in [0.1, 0.15) is 0 Å². The zero-order valence-electron chi connectivity index (χ0n) is 9.16. The molecule has 1 aromatic carbocycles. The summed E-state index contributed by atoms with van der Waals surface area (Å²) in [6.07, 6.45) is 1.33. The van der Waals surface area contributed by atoms with Gasteiger partial charge in [-0.3, -0.25) is 0 Å². The first-order valence-corrected chi connectivity index (χ1v) is 8.24. The van der Waals surface area contributed by atoms with Crippen LogP contribution in [0.1, 0.15) is 17.9 Å².